The number of nitrogens with zero attached hydrogens (tertiary/aromatic N) is 1. The molecule has 1 spiro atoms. The number of nitrogens with one attached hydrogen (secondary N) is 1. The number of piperidine rings is 2. The average Bonchev–Trinajstić information content (AvgIpc) is 2.54. The van der Waals surface area contributed by atoms with Crippen LogP contribution in [0.4, 0.5) is 0 Å². The maximum Gasteiger partial charge on any atom is 0.244 e. The van der Waals surface area contributed by atoms with Crippen LogP contribution in [0.1, 0.15) is 57.8 Å². The molecule has 1 saturated carbocycles. The van der Waals surface area contributed by atoms with Crippen LogP contribution in [0.25, 0.3) is 0 Å². The fourth-order valence-corrected chi connectivity index (χ4v) is 6.35. The van der Waals surface area contributed by atoms with Gasteiger partial charge >= 0.3 is 0 Å². The minimum Gasteiger partial charge on any atom is -0.341 e. The van der Waals surface area contributed by atoms with E-state index in [4.69, 9.17) is 0 Å². The maximum absolute atomic E-state index is 13.3. The van der Waals surface area contributed by atoms with Crippen LogP contribution < -0.4 is 5.32 Å². The van der Waals surface area contributed by atoms with Crippen LogP contribution in [0.15, 0.2) is 0 Å². The first kappa shape index (κ1) is 20.0. The Balaban J connectivity index is 0.00000208. The monoisotopic (exact) mass is 378 g/mol. The van der Waals surface area contributed by atoms with Gasteiger partial charge in [0.15, 0.2) is 14.6 Å². The number of likely N-dealkylation sites (tertiary alicyclic amines) is 1. The van der Waals surface area contributed by atoms with Crippen LogP contribution >= 0.6 is 12.4 Å². The van der Waals surface area contributed by atoms with Crippen LogP contribution in [0.2, 0.25) is 0 Å². The van der Waals surface area contributed by atoms with Gasteiger partial charge < -0.3 is 10.2 Å². The van der Waals surface area contributed by atoms with Crippen molar-refractivity contribution in [1.82, 2.24) is 10.2 Å². The predicted molar refractivity (Wildman–Crippen MR) is 98.3 cm³/mol. The number of rotatable bonds is 2. The Bertz CT molecular complexity index is 547. The lowest BCUT2D eigenvalue weighted by molar-refractivity contribution is -0.139. The first-order valence-electron chi connectivity index (χ1n) is 9.08. The van der Waals surface area contributed by atoms with E-state index in [0.29, 0.717) is 25.9 Å². The molecule has 0 bridgehead atoms. The highest BCUT2D eigenvalue weighted by molar-refractivity contribution is 7.92. The van der Waals surface area contributed by atoms with Crippen molar-refractivity contribution in [3.63, 3.8) is 0 Å². The second-order valence-electron chi connectivity index (χ2n) is 7.91. The van der Waals surface area contributed by atoms with Crippen LogP contribution in [-0.4, -0.2) is 56.4 Å². The summed E-state index contributed by atoms with van der Waals surface area (Å²) in [6.07, 6.45) is 10.5. The molecule has 7 heteroatoms. The highest BCUT2D eigenvalue weighted by atomic mass is 35.5. The lowest BCUT2D eigenvalue weighted by Gasteiger charge is -2.48. The predicted octanol–water partition coefficient (Wildman–Crippen LogP) is 2.15. The van der Waals surface area contributed by atoms with E-state index in [1.807, 2.05) is 4.90 Å². The van der Waals surface area contributed by atoms with Crippen molar-refractivity contribution in [2.24, 2.45) is 5.41 Å². The topological polar surface area (TPSA) is 66.5 Å². The van der Waals surface area contributed by atoms with Gasteiger partial charge in [-0.05, 0) is 57.0 Å². The molecule has 0 aromatic heterocycles. The van der Waals surface area contributed by atoms with Gasteiger partial charge in [-0.25, -0.2) is 8.42 Å². The maximum atomic E-state index is 13.3. The molecule has 24 heavy (non-hydrogen) atoms. The van der Waals surface area contributed by atoms with E-state index in [0.717, 1.165) is 19.5 Å². The van der Waals surface area contributed by atoms with Crippen LogP contribution in [0.3, 0.4) is 0 Å². The average molecular weight is 379 g/mol. The van der Waals surface area contributed by atoms with Gasteiger partial charge in [-0.2, -0.15) is 0 Å². The zero-order chi connectivity index (χ0) is 16.6. The molecule has 2 heterocycles. The molecule has 1 aliphatic carbocycles. The smallest absolute Gasteiger partial charge is 0.244 e. The Hall–Kier alpha value is -0.330. The van der Waals surface area contributed by atoms with E-state index >= 15 is 0 Å². The fourth-order valence-electron chi connectivity index (χ4n) is 4.95. The van der Waals surface area contributed by atoms with Crippen molar-refractivity contribution in [2.45, 2.75) is 62.5 Å². The number of hydrogen-bond donors (Lipinski definition) is 1. The second kappa shape index (κ2) is 7.50. The minimum absolute atomic E-state index is 0. The SMILES string of the molecule is CS(=O)(=O)C1(C(=O)N2CCCC3(CCCCC3)C2)CCNCC1.Cl. The summed E-state index contributed by atoms with van der Waals surface area (Å²) in [5.74, 6) is -0.119. The standard InChI is InChI=1S/C17H30N2O3S.ClH/c1-23(21,22)17(9-11-18-12-10-17)15(20)19-13-5-8-16(14-19)6-3-2-4-7-16;/h18H,2-14H2,1H3;1H. The molecule has 2 aliphatic heterocycles. The largest absolute Gasteiger partial charge is 0.341 e. The Morgan fingerprint density at radius 2 is 1.54 bits per heavy atom. The molecule has 1 N–H and O–H groups in total. The van der Waals surface area contributed by atoms with Crippen molar-refractivity contribution in [2.75, 3.05) is 32.4 Å². The number of sulfone groups is 1. The Morgan fingerprint density at radius 1 is 0.958 bits per heavy atom. The van der Waals surface area contributed by atoms with Gasteiger partial charge in [0.2, 0.25) is 5.91 Å². The van der Waals surface area contributed by atoms with Gasteiger partial charge in [-0.1, -0.05) is 19.3 Å². The van der Waals surface area contributed by atoms with E-state index < -0.39 is 14.6 Å². The molecule has 3 rings (SSSR count). The molecule has 0 unspecified atom stereocenters. The van der Waals surface area contributed by atoms with Crippen molar-refractivity contribution in [3.05, 3.63) is 0 Å². The molecule has 5 nitrogen and oxygen atoms in total. The molecular formula is C17H31ClN2O3S. The third-order valence-corrected chi connectivity index (χ3v) is 8.38. The van der Waals surface area contributed by atoms with E-state index in [1.54, 1.807) is 0 Å². The summed E-state index contributed by atoms with van der Waals surface area (Å²) in [4.78, 5) is 15.2. The molecule has 0 aromatic rings. The first-order chi connectivity index (χ1) is 10.9. The lowest BCUT2D eigenvalue weighted by atomic mass is 9.69. The molecule has 3 aliphatic rings. The highest BCUT2D eigenvalue weighted by Crippen LogP contribution is 2.44. The summed E-state index contributed by atoms with van der Waals surface area (Å²) < 4.78 is 23.8. The second-order valence-corrected chi connectivity index (χ2v) is 10.2. The van der Waals surface area contributed by atoms with E-state index in [9.17, 15) is 13.2 Å². The molecule has 0 aromatic carbocycles. The van der Waals surface area contributed by atoms with Crippen molar-refractivity contribution >= 4 is 28.2 Å². The fraction of sp³-hybridized carbons (Fsp3) is 0.941. The van der Waals surface area contributed by atoms with Gasteiger partial charge in [-0.3, -0.25) is 4.79 Å². The van der Waals surface area contributed by atoms with Gasteiger partial charge in [0, 0.05) is 19.3 Å². The highest BCUT2D eigenvalue weighted by Gasteiger charge is 2.52. The van der Waals surface area contributed by atoms with Crippen molar-refractivity contribution < 1.29 is 13.2 Å². The summed E-state index contributed by atoms with van der Waals surface area (Å²) in [7, 11) is -3.41. The van der Waals surface area contributed by atoms with Gasteiger partial charge in [0.1, 0.15) is 0 Å². The number of carbonyl (C=O) groups is 1. The first-order valence-corrected chi connectivity index (χ1v) is 11.0. The van der Waals surface area contributed by atoms with Crippen LogP contribution in [0.5, 0.6) is 0 Å². The van der Waals surface area contributed by atoms with Crippen molar-refractivity contribution in [1.29, 1.82) is 0 Å². The zero-order valence-corrected chi connectivity index (χ0v) is 16.3. The lowest BCUT2D eigenvalue weighted by Crippen LogP contribution is -2.60. The molecule has 140 valence electrons. The molecule has 0 atom stereocenters. The molecule has 1 amide bonds. The molecular weight excluding hydrogens is 348 g/mol. The summed E-state index contributed by atoms with van der Waals surface area (Å²) in [5, 5.41) is 3.19. The Labute approximate surface area is 152 Å². The number of amides is 1. The summed E-state index contributed by atoms with van der Waals surface area (Å²) in [6.45, 7) is 2.72. The van der Waals surface area contributed by atoms with E-state index in [1.165, 1.54) is 44.8 Å². The zero-order valence-electron chi connectivity index (χ0n) is 14.7. The molecule has 2 saturated heterocycles. The van der Waals surface area contributed by atoms with E-state index in [-0.39, 0.29) is 23.7 Å². The number of hydrogen-bond acceptors (Lipinski definition) is 4. The van der Waals surface area contributed by atoms with E-state index in [2.05, 4.69) is 5.32 Å². The van der Waals surface area contributed by atoms with Gasteiger partial charge in [0.05, 0.1) is 0 Å². The van der Waals surface area contributed by atoms with Crippen LogP contribution in [0, 0.1) is 5.41 Å². The molecule has 3 fully saturated rings. The Morgan fingerprint density at radius 3 is 2.12 bits per heavy atom. The van der Waals surface area contributed by atoms with Gasteiger partial charge in [-0.15, -0.1) is 12.4 Å². The van der Waals surface area contributed by atoms with Gasteiger partial charge in [0.25, 0.3) is 0 Å². The minimum atomic E-state index is -3.41. The number of halogens is 1. The molecule has 0 radical (unpaired) electrons. The third-order valence-electron chi connectivity index (χ3n) is 6.37. The quantitative estimate of drug-likeness (QED) is 0.799. The number of carbonyl (C=O) groups excluding carboxylic acids is 1. The van der Waals surface area contributed by atoms with Crippen LogP contribution in [-0.2, 0) is 14.6 Å². The Kier molecular flexibility index (Phi) is 6.25. The third kappa shape index (κ3) is 3.61. The van der Waals surface area contributed by atoms with Crippen molar-refractivity contribution in [3.8, 4) is 0 Å². The summed E-state index contributed by atoms with van der Waals surface area (Å²) >= 11 is 0. The summed E-state index contributed by atoms with van der Waals surface area (Å²) in [5.41, 5.74) is 0.262. The normalized spacial score (nSPS) is 26.6. The summed E-state index contributed by atoms with van der Waals surface area (Å²) in [6, 6.07) is 0.